The summed E-state index contributed by atoms with van der Waals surface area (Å²) in [7, 11) is 0. The van der Waals surface area contributed by atoms with Crippen LogP contribution in [0.1, 0.15) is 32.7 Å². The zero-order valence-corrected chi connectivity index (χ0v) is 13.5. The molecule has 2 heterocycles. The predicted molar refractivity (Wildman–Crippen MR) is 87.7 cm³/mol. The number of aromatic amines is 1. The van der Waals surface area contributed by atoms with E-state index in [9.17, 15) is 14.4 Å². The van der Waals surface area contributed by atoms with Crippen molar-refractivity contribution in [2.75, 3.05) is 0 Å². The number of aryl methyl sites for hydroxylation is 2. The molecular formula is C18H18N2O4. The summed E-state index contributed by atoms with van der Waals surface area (Å²) in [6, 6.07) is 8.92. The third-order valence-corrected chi connectivity index (χ3v) is 4.12. The van der Waals surface area contributed by atoms with Crippen molar-refractivity contribution in [3.63, 3.8) is 0 Å². The minimum Gasteiger partial charge on any atom is -0.448 e. The lowest BCUT2D eigenvalue weighted by molar-refractivity contribution is -0.130. The van der Waals surface area contributed by atoms with Gasteiger partial charge >= 0.3 is 5.97 Å². The van der Waals surface area contributed by atoms with Crippen LogP contribution in [0.5, 0.6) is 0 Å². The average Bonchev–Trinajstić information content (AvgIpc) is 2.53. The number of nitrogens with one attached hydrogen (secondary N) is 2. The first-order valence-corrected chi connectivity index (χ1v) is 7.71. The SMILES string of the molecule is Cc1cc(C)c(CNC(=O)[C@H]2Cc3ccccc3C(=O)O2)c(=O)[nH]1. The van der Waals surface area contributed by atoms with Gasteiger partial charge in [-0.25, -0.2) is 4.79 Å². The summed E-state index contributed by atoms with van der Waals surface area (Å²) >= 11 is 0. The second-order valence-electron chi connectivity index (χ2n) is 5.92. The number of benzene rings is 1. The number of amides is 1. The van der Waals surface area contributed by atoms with Crippen LogP contribution in [0.15, 0.2) is 35.1 Å². The van der Waals surface area contributed by atoms with Gasteiger partial charge in [0.15, 0.2) is 6.10 Å². The summed E-state index contributed by atoms with van der Waals surface area (Å²) in [4.78, 5) is 39.0. The zero-order valence-electron chi connectivity index (χ0n) is 13.5. The van der Waals surface area contributed by atoms with Crippen LogP contribution < -0.4 is 10.9 Å². The molecule has 1 aromatic heterocycles. The first-order chi connectivity index (χ1) is 11.5. The second-order valence-corrected chi connectivity index (χ2v) is 5.92. The summed E-state index contributed by atoms with van der Waals surface area (Å²) in [6.45, 7) is 3.71. The fourth-order valence-corrected chi connectivity index (χ4v) is 2.87. The minimum atomic E-state index is -0.878. The molecule has 0 aliphatic carbocycles. The van der Waals surface area contributed by atoms with Gasteiger partial charge in [-0.15, -0.1) is 0 Å². The molecule has 3 rings (SSSR count). The Morgan fingerprint density at radius 2 is 2.04 bits per heavy atom. The van der Waals surface area contributed by atoms with Gasteiger partial charge in [-0.3, -0.25) is 9.59 Å². The van der Waals surface area contributed by atoms with Crippen LogP contribution in [0.4, 0.5) is 0 Å². The molecule has 1 atom stereocenters. The van der Waals surface area contributed by atoms with Crippen LogP contribution in [-0.4, -0.2) is 23.0 Å². The van der Waals surface area contributed by atoms with Gasteiger partial charge in [-0.1, -0.05) is 18.2 Å². The van der Waals surface area contributed by atoms with Crippen molar-refractivity contribution in [1.29, 1.82) is 0 Å². The highest BCUT2D eigenvalue weighted by molar-refractivity contribution is 5.95. The number of hydrogen-bond acceptors (Lipinski definition) is 4. The second kappa shape index (κ2) is 6.31. The largest absolute Gasteiger partial charge is 0.448 e. The Balaban J connectivity index is 1.71. The van der Waals surface area contributed by atoms with E-state index < -0.39 is 18.0 Å². The molecule has 2 N–H and O–H groups in total. The van der Waals surface area contributed by atoms with Crippen LogP contribution in [0.25, 0.3) is 0 Å². The smallest absolute Gasteiger partial charge is 0.339 e. The van der Waals surface area contributed by atoms with Crippen LogP contribution >= 0.6 is 0 Å². The third kappa shape index (κ3) is 3.08. The number of rotatable bonds is 3. The lowest BCUT2D eigenvalue weighted by Crippen LogP contribution is -2.42. The number of fused-ring (bicyclic) bond motifs is 1. The minimum absolute atomic E-state index is 0.0932. The number of aromatic nitrogens is 1. The van der Waals surface area contributed by atoms with E-state index in [1.165, 1.54) is 0 Å². The number of esters is 1. The maximum Gasteiger partial charge on any atom is 0.339 e. The van der Waals surface area contributed by atoms with E-state index in [2.05, 4.69) is 10.3 Å². The number of hydrogen-bond donors (Lipinski definition) is 2. The molecule has 0 radical (unpaired) electrons. The highest BCUT2D eigenvalue weighted by Gasteiger charge is 2.30. The zero-order chi connectivity index (χ0) is 17.3. The molecule has 0 unspecified atom stereocenters. The maximum absolute atomic E-state index is 12.3. The maximum atomic E-state index is 12.3. The van der Waals surface area contributed by atoms with Gasteiger partial charge < -0.3 is 15.0 Å². The van der Waals surface area contributed by atoms with E-state index in [1.807, 2.05) is 25.1 Å². The quantitative estimate of drug-likeness (QED) is 0.834. The van der Waals surface area contributed by atoms with Crippen molar-refractivity contribution in [2.45, 2.75) is 32.9 Å². The number of cyclic esters (lactones) is 1. The van der Waals surface area contributed by atoms with E-state index >= 15 is 0 Å². The van der Waals surface area contributed by atoms with E-state index in [0.717, 1.165) is 16.8 Å². The van der Waals surface area contributed by atoms with E-state index in [-0.39, 0.29) is 12.1 Å². The Hall–Kier alpha value is -2.89. The number of carbonyl (C=O) groups excluding carboxylic acids is 2. The Morgan fingerprint density at radius 1 is 1.29 bits per heavy atom. The lowest BCUT2D eigenvalue weighted by atomic mass is 9.98. The Morgan fingerprint density at radius 3 is 2.79 bits per heavy atom. The Bertz CT molecular complexity index is 870. The molecule has 24 heavy (non-hydrogen) atoms. The van der Waals surface area contributed by atoms with Gasteiger partial charge in [0.1, 0.15) is 0 Å². The Labute approximate surface area is 138 Å². The number of pyridine rings is 1. The van der Waals surface area contributed by atoms with Gasteiger partial charge in [0.25, 0.3) is 11.5 Å². The molecule has 1 aliphatic heterocycles. The standard InChI is InChI=1S/C18H18N2O4/c1-10-7-11(2)20-16(21)14(10)9-19-17(22)15-8-12-5-3-4-6-13(12)18(23)24-15/h3-7,15H,8-9H2,1-2H3,(H,19,22)(H,20,21)/t15-/m1/s1. The summed E-state index contributed by atoms with van der Waals surface area (Å²) in [5.41, 5.74) is 3.13. The van der Waals surface area contributed by atoms with Crippen LogP contribution in [-0.2, 0) is 22.5 Å². The van der Waals surface area contributed by atoms with Crippen molar-refractivity contribution in [3.05, 3.63) is 68.6 Å². The molecule has 6 heteroatoms. The van der Waals surface area contributed by atoms with Crippen molar-refractivity contribution in [2.24, 2.45) is 0 Å². The first-order valence-electron chi connectivity index (χ1n) is 7.71. The van der Waals surface area contributed by atoms with Crippen LogP contribution in [0, 0.1) is 13.8 Å². The molecule has 1 aliphatic rings. The number of ether oxygens (including phenoxy) is 1. The van der Waals surface area contributed by atoms with Gasteiger partial charge in [0.05, 0.1) is 5.56 Å². The molecule has 0 spiro atoms. The fourth-order valence-electron chi connectivity index (χ4n) is 2.87. The van der Waals surface area contributed by atoms with Crippen LogP contribution in [0.2, 0.25) is 0 Å². The first kappa shape index (κ1) is 16.0. The highest BCUT2D eigenvalue weighted by atomic mass is 16.5. The summed E-state index contributed by atoms with van der Waals surface area (Å²) in [5.74, 6) is -0.904. The normalized spacial score (nSPS) is 16.2. The highest BCUT2D eigenvalue weighted by Crippen LogP contribution is 2.20. The van der Waals surface area contributed by atoms with Crippen molar-refractivity contribution in [3.8, 4) is 0 Å². The average molecular weight is 326 g/mol. The van der Waals surface area contributed by atoms with Gasteiger partial charge in [0.2, 0.25) is 0 Å². The predicted octanol–water partition coefficient (Wildman–Crippen LogP) is 1.39. The number of carbonyl (C=O) groups is 2. The monoisotopic (exact) mass is 326 g/mol. The van der Waals surface area contributed by atoms with Gasteiger partial charge in [0, 0.05) is 24.2 Å². The molecule has 0 saturated heterocycles. The van der Waals surface area contributed by atoms with Crippen LogP contribution in [0.3, 0.4) is 0 Å². The summed E-state index contributed by atoms with van der Waals surface area (Å²) in [5, 5.41) is 2.68. The van der Waals surface area contributed by atoms with Crippen molar-refractivity contribution < 1.29 is 14.3 Å². The van der Waals surface area contributed by atoms with Gasteiger partial charge in [-0.05, 0) is 37.1 Å². The lowest BCUT2D eigenvalue weighted by Gasteiger charge is -2.23. The summed E-state index contributed by atoms with van der Waals surface area (Å²) < 4.78 is 5.21. The number of H-pyrrole nitrogens is 1. The van der Waals surface area contributed by atoms with Crippen molar-refractivity contribution >= 4 is 11.9 Å². The van der Waals surface area contributed by atoms with E-state index in [4.69, 9.17) is 4.74 Å². The summed E-state index contributed by atoms with van der Waals surface area (Å²) in [6.07, 6.45) is -0.547. The molecule has 1 aromatic carbocycles. The van der Waals surface area contributed by atoms with Crippen molar-refractivity contribution in [1.82, 2.24) is 10.3 Å². The van der Waals surface area contributed by atoms with E-state index in [1.54, 1.807) is 19.1 Å². The topological polar surface area (TPSA) is 88.3 Å². The molecule has 0 bridgehead atoms. The van der Waals surface area contributed by atoms with E-state index in [0.29, 0.717) is 17.5 Å². The molecular weight excluding hydrogens is 308 g/mol. The molecule has 0 fully saturated rings. The third-order valence-electron chi connectivity index (χ3n) is 4.12. The fraction of sp³-hybridized carbons (Fsp3) is 0.278. The van der Waals surface area contributed by atoms with Gasteiger partial charge in [-0.2, -0.15) is 0 Å². The molecule has 0 saturated carbocycles. The Kier molecular flexibility index (Phi) is 4.20. The molecule has 1 amide bonds. The molecule has 124 valence electrons. The molecule has 2 aromatic rings. The molecule has 6 nitrogen and oxygen atoms in total.